The van der Waals surface area contributed by atoms with Crippen LogP contribution in [-0.4, -0.2) is 48.4 Å². The van der Waals surface area contributed by atoms with Crippen LogP contribution in [0.2, 0.25) is 0 Å². The van der Waals surface area contributed by atoms with Crippen molar-refractivity contribution in [3.8, 4) is 22.8 Å². The van der Waals surface area contributed by atoms with Crippen LogP contribution in [0.5, 0.6) is 11.5 Å². The standard InChI is InChI=1S/C21H21N3O5S/c1-28-16-8-7-12(9-17(16)29-2)15-11-30-21(22-15)23-18(25)10-24-19(26)13-5-3-4-6-14(13)20(24)27/h3-4,7-9,11,13-14H,5-6,10H2,1-2H3,(H,22,23,25)/t13-,14-/m0/s1. The molecule has 0 saturated carbocycles. The molecule has 1 N–H and O–H groups in total. The number of imide groups is 1. The fraction of sp³-hybridized carbons (Fsp3) is 0.333. The Morgan fingerprint density at radius 2 is 1.80 bits per heavy atom. The molecule has 0 radical (unpaired) electrons. The molecule has 1 aliphatic heterocycles. The van der Waals surface area contributed by atoms with E-state index in [0.29, 0.717) is 35.2 Å². The van der Waals surface area contributed by atoms with Crippen molar-refractivity contribution < 1.29 is 23.9 Å². The summed E-state index contributed by atoms with van der Waals surface area (Å²) in [5.41, 5.74) is 1.48. The summed E-state index contributed by atoms with van der Waals surface area (Å²) in [5, 5.41) is 4.88. The van der Waals surface area contributed by atoms with Gasteiger partial charge >= 0.3 is 0 Å². The molecule has 2 heterocycles. The zero-order valence-corrected chi connectivity index (χ0v) is 17.4. The molecule has 1 aromatic heterocycles. The third-order valence-corrected chi connectivity index (χ3v) is 6.09. The molecule has 0 spiro atoms. The number of anilines is 1. The molecule has 1 aliphatic carbocycles. The minimum absolute atomic E-state index is 0.269. The summed E-state index contributed by atoms with van der Waals surface area (Å²) in [6.45, 7) is -0.296. The Hall–Kier alpha value is -3.20. The lowest BCUT2D eigenvalue weighted by molar-refractivity contribution is -0.142. The van der Waals surface area contributed by atoms with Gasteiger partial charge in [-0.2, -0.15) is 0 Å². The van der Waals surface area contributed by atoms with Crippen LogP contribution < -0.4 is 14.8 Å². The van der Waals surface area contributed by atoms with E-state index < -0.39 is 5.91 Å². The SMILES string of the molecule is COc1ccc(-c2csc(NC(=O)CN3C(=O)[C@H]4CC=CC[C@@H]4C3=O)n2)cc1OC. The third-order valence-electron chi connectivity index (χ3n) is 5.33. The summed E-state index contributed by atoms with van der Waals surface area (Å²) < 4.78 is 10.5. The molecule has 1 aromatic carbocycles. The number of thiazole rings is 1. The molecule has 2 aliphatic rings. The van der Waals surface area contributed by atoms with Crippen LogP contribution in [0, 0.1) is 11.8 Å². The van der Waals surface area contributed by atoms with Gasteiger partial charge in [-0.05, 0) is 31.0 Å². The quantitative estimate of drug-likeness (QED) is 0.562. The first kappa shape index (κ1) is 20.1. The first-order valence-corrected chi connectivity index (χ1v) is 10.4. The van der Waals surface area contributed by atoms with Crippen LogP contribution in [0.3, 0.4) is 0 Å². The summed E-state index contributed by atoms with van der Waals surface area (Å²) in [7, 11) is 3.12. The number of allylic oxidation sites excluding steroid dienone is 2. The molecule has 9 heteroatoms. The zero-order valence-electron chi connectivity index (χ0n) is 16.6. The van der Waals surface area contributed by atoms with Gasteiger partial charge in [0.25, 0.3) is 0 Å². The van der Waals surface area contributed by atoms with Gasteiger partial charge < -0.3 is 14.8 Å². The Morgan fingerprint density at radius 1 is 1.13 bits per heavy atom. The van der Waals surface area contributed by atoms with Gasteiger partial charge in [-0.1, -0.05) is 12.2 Å². The number of hydrogen-bond donors (Lipinski definition) is 1. The number of nitrogens with one attached hydrogen (secondary N) is 1. The van der Waals surface area contributed by atoms with Gasteiger partial charge in [-0.3, -0.25) is 19.3 Å². The second-order valence-electron chi connectivity index (χ2n) is 7.07. The molecule has 0 unspecified atom stereocenters. The van der Waals surface area contributed by atoms with Crippen LogP contribution >= 0.6 is 11.3 Å². The van der Waals surface area contributed by atoms with Gasteiger partial charge in [0.05, 0.1) is 31.7 Å². The molecule has 4 rings (SSSR count). The van der Waals surface area contributed by atoms with Gasteiger partial charge in [0.2, 0.25) is 17.7 Å². The van der Waals surface area contributed by atoms with Crippen molar-refractivity contribution in [2.45, 2.75) is 12.8 Å². The average molecular weight is 427 g/mol. The van der Waals surface area contributed by atoms with Crippen LogP contribution in [-0.2, 0) is 14.4 Å². The maximum atomic E-state index is 12.5. The van der Waals surface area contributed by atoms with E-state index in [-0.39, 0.29) is 30.2 Å². The van der Waals surface area contributed by atoms with E-state index in [4.69, 9.17) is 9.47 Å². The number of amides is 3. The van der Waals surface area contributed by atoms with E-state index in [0.717, 1.165) is 10.5 Å². The highest BCUT2D eigenvalue weighted by atomic mass is 32.1. The summed E-state index contributed by atoms with van der Waals surface area (Å²) in [4.78, 5) is 42.9. The second-order valence-corrected chi connectivity index (χ2v) is 7.93. The minimum atomic E-state index is -0.448. The van der Waals surface area contributed by atoms with E-state index >= 15 is 0 Å². The highest BCUT2D eigenvalue weighted by Crippen LogP contribution is 2.35. The summed E-state index contributed by atoms with van der Waals surface area (Å²) in [5.74, 6) is -0.476. The smallest absolute Gasteiger partial charge is 0.246 e. The Kier molecular flexibility index (Phi) is 5.54. The van der Waals surface area contributed by atoms with E-state index in [1.807, 2.05) is 23.6 Å². The minimum Gasteiger partial charge on any atom is -0.493 e. The molecule has 0 bridgehead atoms. The van der Waals surface area contributed by atoms with Gasteiger partial charge in [-0.25, -0.2) is 4.98 Å². The lowest BCUT2D eigenvalue weighted by Gasteiger charge is -2.14. The number of methoxy groups -OCH3 is 2. The molecule has 1 saturated heterocycles. The number of hydrogen-bond acceptors (Lipinski definition) is 7. The van der Waals surface area contributed by atoms with Crippen molar-refractivity contribution in [3.05, 3.63) is 35.7 Å². The van der Waals surface area contributed by atoms with E-state index in [1.54, 1.807) is 26.4 Å². The van der Waals surface area contributed by atoms with Gasteiger partial charge in [0.15, 0.2) is 16.6 Å². The first-order chi connectivity index (χ1) is 14.5. The average Bonchev–Trinajstić information content (AvgIpc) is 3.32. The third kappa shape index (κ3) is 3.68. The molecule has 3 amide bonds. The number of nitrogens with zero attached hydrogens (tertiary/aromatic N) is 2. The fourth-order valence-corrected chi connectivity index (χ4v) is 4.52. The maximum absolute atomic E-state index is 12.5. The number of carbonyl (C=O) groups is 3. The Balaban J connectivity index is 1.42. The van der Waals surface area contributed by atoms with Gasteiger partial charge in [0.1, 0.15) is 6.54 Å². The fourth-order valence-electron chi connectivity index (χ4n) is 3.79. The number of fused-ring (bicyclic) bond motifs is 1. The first-order valence-electron chi connectivity index (χ1n) is 9.49. The topological polar surface area (TPSA) is 97.8 Å². The van der Waals surface area contributed by atoms with E-state index in [2.05, 4.69) is 10.3 Å². The van der Waals surface area contributed by atoms with Crippen LogP contribution in [0.15, 0.2) is 35.7 Å². The molecule has 1 fully saturated rings. The molecule has 2 atom stereocenters. The van der Waals surface area contributed by atoms with Crippen molar-refractivity contribution in [1.82, 2.24) is 9.88 Å². The number of ether oxygens (including phenoxy) is 2. The van der Waals surface area contributed by atoms with E-state index in [9.17, 15) is 14.4 Å². The lowest BCUT2D eigenvalue weighted by Crippen LogP contribution is -2.38. The number of benzene rings is 1. The zero-order chi connectivity index (χ0) is 21.3. The van der Waals surface area contributed by atoms with Crippen LogP contribution in [0.1, 0.15) is 12.8 Å². The second kappa shape index (κ2) is 8.27. The van der Waals surface area contributed by atoms with Crippen molar-refractivity contribution in [1.29, 1.82) is 0 Å². The molecular weight excluding hydrogens is 406 g/mol. The molecule has 30 heavy (non-hydrogen) atoms. The highest BCUT2D eigenvalue weighted by Gasteiger charge is 2.47. The lowest BCUT2D eigenvalue weighted by atomic mass is 9.85. The Bertz CT molecular complexity index is 1010. The summed E-state index contributed by atoms with van der Waals surface area (Å²) in [6, 6.07) is 5.43. The normalized spacial score (nSPS) is 20.3. The van der Waals surface area contributed by atoms with Crippen molar-refractivity contribution in [2.24, 2.45) is 11.8 Å². The predicted molar refractivity (Wildman–Crippen MR) is 111 cm³/mol. The highest BCUT2D eigenvalue weighted by molar-refractivity contribution is 7.14. The Morgan fingerprint density at radius 3 is 2.43 bits per heavy atom. The summed E-state index contributed by atoms with van der Waals surface area (Å²) >= 11 is 1.26. The van der Waals surface area contributed by atoms with Crippen molar-refractivity contribution in [3.63, 3.8) is 0 Å². The van der Waals surface area contributed by atoms with Gasteiger partial charge in [0, 0.05) is 10.9 Å². The van der Waals surface area contributed by atoms with Gasteiger partial charge in [-0.15, -0.1) is 11.3 Å². The molecule has 8 nitrogen and oxygen atoms in total. The largest absolute Gasteiger partial charge is 0.493 e. The molecular formula is C21H21N3O5S. The number of likely N-dealkylation sites (tertiary alicyclic amines) is 1. The molecule has 156 valence electrons. The Labute approximate surface area is 177 Å². The van der Waals surface area contributed by atoms with Crippen molar-refractivity contribution in [2.75, 3.05) is 26.1 Å². The van der Waals surface area contributed by atoms with Crippen molar-refractivity contribution >= 4 is 34.2 Å². The van der Waals surface area contributed by atoms with E-state index in [1.165, 1.54) is 11.3 Å². The molecule has 2 aromatic rings. The summed E-state index contributed by atoms with van der Waals surface area (Å²) in [6.07, 6.45) is 4.94. The predicted octanol–water partition coefficient (Wildman–Crippen LogP) is 2.72. The maximum Gasteiger partial charge on any atom is 0.246 e. The van der Waals surface area contributed by atoms with Crippen LogP contribution in [0.4, 0.5) is 5.13 Å². The number of carbonyl (C=O) groups excluding carboxylic acids is 3. The number of aromatic nitrogens is 1. The van der Waals surface area contributed by atoms with Crippen LogP contribution in [0.25, 0.3) is 11.3 Å². The number of rotatable bonds is 6. The monoisotopic (exact) mass is 427 g/mol.